The Morgan fingerprint density at radius 1 is 0.842 bits per heavy atom. The van der Waals surface area contributed by atoms with Crippen molar-refractivity contribution in [3.05, 3.63) is 119 Å². The lowest BCUT2D eigenvalue weighted by molar-refractivity contribution is -0.155. The molecule has 0 aliphatic heterocycles. The zero-order valence-electron chi connectivity index (χ0n) is 32.9. The molecule has 0 fully saturated rings. The summed E-state index contributed by atoms with van der Waals surface area (Å²) in [5, 5.41) is 13.4. The number of carbonyl (C=O) groups is 3. The number of pyridine rings is 1. The summed E-state index contributed by atoms with van der Waals surface area (Å²) in [5.74, 6) is -0.913. The molecule has 0 radical (unpaired) electrons. The predicted octanol–water partition coefficient (Wildman–Crippen LogP) is 8.44. The topological polar surface area (TPSA) is 137 Å². The van der Waals surface area contributed by atoms with Crippen molar-refractivity contribution in [3.63, 3.8) is 0 Å². The number of nitrogens with zero attached hydrogens (tertiary/aromatic N) is 2. The van der Waals surface area contributed by atoms with E-state index in [4.69, 9.17) is 18.9 Å². The van der Waals surface area contributed by atoms with Gasteiger partial charge < -0.3 is 29.0 Å². The molecule has 4 aromatic rings. The highest BCUT2D eigenvalue weighted by Crippen LogP contribution is 2.34. The molecule has 57 heavy (non-hydrogen) atoms. The maximum atomic E-state index is 13.7. The van der Waals surface area contributed by atoms with Gasteiger partial charge in [0.05, 0.1) is 43.3 Å². The van der Waals surface area contributed by atoms with Crippen molar-refractivity contribution in [2.45, 2.75) is 90.9 Å². The van der Waals surface area contributed by atoms with Crippen LogP contribution in [0.3, 0.4) is 0 Å². The SMILES string of the molecule is CCCCCCCOc1ccc(C(=O)Oc2ccc(CN(CC(=O)OC(C)(C)C)C(=O)c3ccc(C(O)NCc4ccc(OC)cc4C(F)(F)F)cc3)nc2)cc1. The van der Waals surface area contributed by atoms with Gasteiger partial charge in [-0.05, 0) is 99.0 Å². The Bertz CT molecular complexity index is 1910. The van der Waals surface area contributed by atoms with E-state index in [0.29, 0.717) is 23.6 Å². The second kappa shape index (κ2) is 20.6. The molecule has 0 saturated carbocycles. The van der Waals surface area contributed by atoms with E-state index in [-0.39, 0.29) is 41.3 Å². The Labute approximate surface area is 331 Å². The number of nitrogens with one attached hydrogen (secondary N) is 1. The Balaban J connectivity index is 1.39. The van der Waals surface area contributed by atoms with Crippen molar-refractivity contribution in [1.82, 2.24) is 15.2 Å². The molecule has 306 valence electrons. The molecule has 1 atom stereocenters. The third-order valence-corrected chi connectivity index (χ3v) is 8.58. The lowest BCUT2D eigenvalue weighted by atomic mass is 10.1. The monoisotopic (exact) mass is 793 g/mol. The first-order valence-corrected chi connectivity index (χ1v) is 18.7. The number of rotatable bonds is 19. The van der Waals surface area contributed by atoms with E-state index < -0.39 is 48.0 Å². The molecular formula is C43H50F3N3O8. The number of unbranched alkanes of at least 4 members (excludes halogenated alkanes) is 4. The summed E-state index contributed by atoms with van der Waals surface area (Å²) in [6.45, 7) is 7.05. The van der Waals surface area contributed by atoms with Gasteiger partial charge in [0.1, 0.15) is 35.6 Å². The summed E-state index contributed by atoms with van der Waals surface area (Å²) in [4.78, 5) is 45.0. The highest BCUT2D eigenvalue weighted by Gasteiger charge is 2.34. The minimum Gasteiger partial charge on any atom is -0.497 e. The van der Waals surface area contributed by atoms with Crippen LogP contribution in [-0.2, 0) is 28.8 Å². The van der Waals surface area contributed by atoms with Crippen LogP contribution in [0.5, 0.6) is 17.2 Å². The molecule has 1 amide bonds. The van der Waals surface area contributed by atoms with Crippen LogP contribution in [0.25, 0.3) is 0 Å². The first-order valence-electron chi connectivity index (χ1n) is 18.7. The Kier molecular flexibility index (Phi) is 16.0. The van der Waals surface area contributed by atoms with Crippen LogP contribution in [0, 0.1) is 0 Å². The van der Waals surface area contributed by atoms with Gasteiger partial charge in [0, 0.05) is 12.1 Å². The van der Waals surface area contributed by atoms with Crippen molar-refractivity contribution in [3.8, 4) is 17.2 Å². The van der Waals surface area contributed by atoms with E-state index in [0.717, 1.165) is 18.9 Å². The number of esters is 2. The van der Waals surface area contributed by atoms with Crippen molar-refractivity contribution < 1.29 is 51.6 Å². The van der Waals surface area contributed by atoms with Crippen LogP contribution in [0.4, 0.5) is 13.2 Å². The molecule has 0 spiro atoms. The lowest BCUT2D eigenvalue weighted by Crippen LogP contribution is -2.38. The van der Waals surface area contributed by atoms with Crippen molar-refractivity contribution in [2.24, 2.45) is 0 Å². The van der Waals surface area contributed by atoms with Gasteiger partial charge in [0.2, 0.25) is 0 Å². The van der Waals surface area contributed by atoms with E-state index in [1.807, 2.05) is 0 Å². The van der Waals surface area contributed by atoms with Gasteiger partial charge >= 0.3 is 18.1 Å². The number of amides is 1. The maximum absolute atomic E-state index is 13.7. The molecule has 0 saturated heterocycles. The number of aromatic nitrogens is 1. The van der Waals surface area contributed by atoms with Crippen LogP contribution < -0.4 is 19.5 Å². The first kappa shape index (κ1) is 44.2. The molecule has 0 aliphatic carbocycles. The van der Waals surface area contributed by atoms with E-state index in [2.05, 4.69) is 17.2 Å². The van der Waals surface area contributed by atoms with Crippen molar-refractivity contribution in [1.29, 1.82) is 0 Å². The lowest BCUT2D eigenvalue weighted by Gasteiger charge is -2.25. The van der Waals surface area contributed by atoms with E-state index >= 15 is 0 Å². The zero-order valence-corrected chi connectivity index (χ0v) is 32.9. The second-order valence-corrected chi connectivity index (χ2v) is 14.3. The first-order chi connectivity index (χ1) is 27.1. The summed E-state index contributed by atoms with van der Waals surface area (Å²) in [7, 11) is 1.27. The van der Waals surface area contributed by atoms with Crippen LogP contribution in [0.2, 0.25) is 0 Å². The zero-order chi connectivity index (χ0) is 41.6. The van der Waals surface area contributed by atoms with E-state index in [9.17, 15) is 32.7 Å². The van der Waals surface area contributed by atoms with Gasteiger partial charge in [-0.2, -0.15) is 13.2 Å². The number of hydrogen-bond donors (Lipinski definition) is 2. The maximum Gasteiger partial charge on any atom is 0.416 e. The number of aliphatic hydroxyl groups is 1. The fourth-order valence-electron chi connectivity index (χ4n) is 5.65. The Morgan fingerprint density at radius 3 is 2.11 bits per heavy atom. The molecule has 1 unspecified atom stereocenters. The van der Waals surface area contributed by atoms with Gasteiger partial charge in [-0.1, -0.05) is 50.8 Å². The number of methoxy groups -OCH3 is 1. The Hall–Kier alpha value is -5.47. The number of benzene rings is 3. The number of carbonyl (C=O) groups excluding carboxylic acids is 3. The fraction of sp³-hybridized carbons (Fsp3) is 0.395. The van der Waals surface area contributed by atoms with Gasteiger partial charge in [-0.3, -0.25) is 19.9 Å². The highest BCUT2D eigenvalue weighted by molar-refractivity contribution is 5.96. The summed E-state index contributed by atoms with van der Waals surface area (Å²) in [6.07, 6.45) is 0.985. The predicted molar refractivity (Wildman–Crippen MR) is 207 cm³/mol. The van der Waals surface area contributed by atoms with Gasteiger partial charge in [0.15, 0.2) is 0 Å². The molecule has 14 heteroatoms. The molecular weight excluding hydrogens is 743 g/mol. The third-order valence-electron chi connectivity index (χ3n) is 8.58. The molecule has 11 nitrogen and oxygen atoms in total. The standard InChI is InChI=1S/C43H50F3N3O8/c1-6-7-8-9-10-23-55-34-19-15-31(16-20-34)41(53)56-36-22-18-33(47-26-36)27-49(28-38(50)57-42(2,3)4)40(52)30-13-11-29(12-14-30)39(51)48-25-32-17-21-35(54-5)24-37(32)43(44,45)46/h11-22,24,26,39,48,51H,6-10,23,25,27-28H2,1-5H3. The third kappa shape index (κ3) is 14.2. The van der Waals surface area contributed by atoms with Gasteiger partial charge in [-0.25, -0.2) is 4.79 Å². The second-order valence-electron chi connectivity index (χ2n) is 14.3. The molecule has 1 aromatic heterocycles. The number of hydrogen-bond acceptors (Lipinski definition) is 10. The number of aliphatic hydroxyl groups excluding tert-OH is 1. The smallest absolute Gasteiger partial charge is 0.416 e. The molecule has 2 N–H and O–H groups in total. The van der Waals surface area contributed by atoms with E-state index in [1.54, 1.807) is 51.1 Å². The highest BCUT2D eigenvalue weighted by atomic mass is 19.4. The number of ether oxygens (including phenoxy) is 4. The minimum atomic E-state index is -4.63. The quantitative estimate of drug-likeness (QED) is 0.0541. The van der Waals surface area contributed by atoms with Gasteiger partial charge in [-0.15, -0.1) is 0 Å². The number of alkyl halides is 3. The van der Waals surface area contributed by atoms with Crippen molar-refractivity contribution >= 4 is 17.8 Å². The minimum absolute atomic E-state index is 0.0492. The van der Waals surface area contributed by atoms with Crippen LogP contribution in [0.1, 0.15) is 109 Å². The molecule has 1 heterocycles. The van der Waals surface area contributed by atoms with Crippen LogP contribution in [0.15, 0.2) is 85.1 Å². The summed E-state index contributed by atoms with van der Waals surface area (Å²) in [6, 6.07) is 19.1. The normalized spacial score (nSPS) is 12.1. The van der Waals surface area contributed by atoms with Crippen LogP contribution in [-0.4, -0.2) is 58.7 Å². The summed E-state index contributed by atoms with van der Waals surface area (Å²) < 4.78 is 62.6. The fourth-order valence-corrected chi connectivity index (χ4v) is 5.65. The molecule has 0 bridgehead atoms. The van der Waals surface area contributed by atoms with Gasteiger partial charge in [0.25, 0.3) is 5.91 Å². The molecule has 3 aromatic carbocycles. The van der Waals surface area contributed by atoms with Crippen LogP contribution >= 0.6 is 0 Å². The molecule has 4 rings (SSSR count). The Morgan fingerprint density at radius 2 is 1.49 bits per heavy atom. The summed E-state index contributed by atoms with van der Waals surface area (Å²) >= 11 is 0. The van der Waals surface area contributed by atoms with Crippen molar-refractivity contribution in [2.75, 3.05) is 20.3 Å². The average molecular weight is 794 g/mol. The van der Waals surface area contributed by atoms with E-state index in [1.165, 1.54) is 79.9 Å². The number of halogens is 3. The largest absolute Gasteiger partial charge is 0.497 e. The molecule has 0 aliphatic rings. The summed E-state index contributed by atoms with van der Waals surface area (Å²) in [5.41, 5.74) is -0.635. The average Bonchev–Trinajstić information content (AvgIpc) is 3.17.